The van der Waals surface area contributed by atoms with E-state index in [9.17, 15) is 8.42 Å². The van der Waals surface area contributed by atoms with Crippen LogP contribution >= 0.6 is 0 Å². The minimum Gasteiger partial charge on any atom is -0.497 e. The van der Waals surface area contributed by atoms with Crippen molar-refractivity contribution in [2.45, 2.75) is 11.0 Å². The Morgan fingerprint density at radius 3 is 2.41 bits per heavy atom. The number of hydrogen-bond acceptors (Lipinski definition) is 5. The zero-order valence-electron chi connectivity index (χ0n) is 9.33. The van der Waals surface area contributed by atoms with Gasteiger partial charge < -0.3 is 14.9 Å². The van der Waals surface area contributed by atoms with E-state index in [4.69, 9.17) is 14.9 Å². The van der Waals surface area contributed by atoms with E-state index in [1.807, 2.05) is 0 Å². The number of methoxy groups -OCH3 is 1. The second-order valence-corrected chi connectivity index (χ2v) is 5.13. The van der Waals surface area contributed by atoms with Crippen LogP contribution in [0.15, 0.2) is 29.2 Å². The molecule has 0 heterocycles. The molecule has 1 aromatic carbocycles. The van der Waals surface area contributed by atoms with Crippen LogP contribution in [0.5, 0.6) is 5.75 Å². The second-order valence-electron chi connectivity index (χ2n) is 3.36. The monoisotopic (exact) mass is 261 g/mol. The van der Waals surface area contributed by atoms with E-state index in [2.05, 4.69) is 4.72 Å². The van der Waals surface area contributed by atoms with Gasteiger partial charge in [-0.1, -0.05) is 0 Å². The summed E-state index contributed by atoms with van der Waals surface area (Å²) in [4.78, 5) is 0.0726. The summed E-state index contributed by atoms with van der Waals surface area (Å²) in [5.74, 6) is 0.555. The highest BCUT2D eigenvalue weighted by Gasteiger charge is 2.15. The van der Waals surface area contributed by atoms with Crippen molar-refractivity contribution >= 4 is 10.0 Å². The van der Waals surface area contributed by atoms with Crippen molar-refractivity contribution in [2.75, 3.05) is 20.3 Å². The van der Waals surface area contributed by atoms with Gasteiger partial charge in [0.05, 0.1) is 24.7 Å². The van der Waals surface area contributed by atoms with Crippen LogP contribution in [0.3, 0.4) is 0 Å². The molecule has 0 aliphatic carbocycles. The number of sulfonamides is 1. The van der Waals surface area contributed by atoms with Gasteiger partial charge in [-0.3, -0.25) is 0 Å². The molecule has 3 N–H and O–H groups in total. The Bertz CT molecular complexity index is 442. The number of ether oxygens (including phenoxy) is 1. The molecule has 6 nitrogen and oxygen atoms in total. The van der Waals surface area contributed by atoms with Crippen molar-refractivity contribution in [1.29, 1.82) is 0 Å². The molecule has 0 aliphatic heterocycles. The van der Waals surface area contributed by atoms with Gasteiger partial charge in [-0.25, -0.2) is 13.1 Å². The van der Waals surface area contributed by atoms with E-state index in [0.717, 1.165) is 0 Å². The SMILES string of the molecule is COc1ccc(S(=O)(=O)NCC(O)CO)cc1. The van der Waals surface area contributed by atoms with Crippen LogP contribution in [0.25, 0.3) is 0 Å². The van der Waals surface area contributed by atoms with Gasteiger partial charge in [0, 0.05) is 6.54 Å². The second kappa shape index (κ2) is 5.97. The number of hydrogen-bond donors (Lipinski definition) is 3. The summed E-state index contributed by atoms with van der Waals surface area (Å²) in [6.07, 6.45) is -1.11. The molecule has 0 spiro atoms. The molecule has 1 aromatic rings. The van der Waals surface area contributed by atoms with Crippen LogP contribution < -0.4 is 9.46 Å². The minimum atomic E-state index is -3.67. The predicted molar refractivity (Wildman–Crippen MR) is 61.3 cm³/mol. The van der Waals surface area contributed by atoms with Crippen molar-refractivity contribution in [1.82, 2.24) is 4.72 Å². The van der Waals surface area contributed by atoms with Gasteiger partial charge in [0.1, 0.15) is 5.75 Å². The molecule has 0 bridgehead atoms. The van der Waals surface area contributed by atoms with E-state index >= 15 is 0 Å². The molecule has 0 amide bonds. The van der Waals surface area contributed by atoms with Gasteiger partial charge in [-0.15, -0.1) is 0 Å². The third-order valence-corrected chi connectivity index (χ3v) is 3.53. The highest BCUT2D eigenvalue weighted by Crippen LogP contribution is 2.15. The zero-order chi connectivity index (χ0) is 12.9. The first kappa shape index (κ1) is 13.9. The van der Waals surface area contributed by atoms with Crippen LogP contribution in [-0.4, -0.2) is 45.0 Å². The largest absolute Gasteiger partial charge is 0.497 e. The summed E-state index contributed by atoms with van der Waals surface area (Å²) < 4.78 is 30.5. The smallest absolute Gasteiger partial charge is 0.240 e. The maximum absolute atomic E-state index is 11.7. The average molecular weight is 261 g/mol. The fourth-order valence-electron chi connectivity index (χ4n) is 1.11. The van der Waals surface area contributed by atoms with Crippen molar-refractivity contribution < 1.29 is 23.4 Å². The fraction of sp³-hybridized carbons (Fsp3) is 0.400. The van der Waals surface area contributed by atoms with Crippen molar-refractivity contribution in [3.8, 4) is 5.75 Å². The number of aliphatic hydroxyl groups excluding tert-OH is 2. The first-order chi connectivity index (χ1) is 7.99. The molecular weight excluding hydrogens is 246 g/mol. The lowest BCUT2D eigenvalue weighted by Crippen LogP contribution is -2.33. The summed E-state index contributed by atoms with van der Waals surface area (Å²) in [5, 5.41) is 17.6. The quantitative estimate of drug-likeness (QED) is 0.631. The molecule has 0 radical (unpaired) electrons. The lowest BCUT2D eigenvalue weighted by molar-refractivity contribution is 0.0988. The van der Waals surface area contributed by atoms with Gasteiger partial charge in [0.2, 0.25) is 10.0 Å². The molecule has 0 saturated heterocycles. The number of rotatable bonds is 6. The predicted octanol–water partition coefficient (Wildman–Crippen LogP) is -0.673. The summed E-state index contributed by atoms with van der Waals surface area (Å²) in [5.41, 5.74) is 0. The van der Waals surface area contributed by atoms with Crippen molar-refractivity contribution in [3.63, 3.8) is 0 Å². The van der Waals surface area contributed by atoms with E-state index in [1.54, 1.807) is 0 Å². The molecular formula is C10H15NO5S. The average Bonchev–Trinajstić information content (AvgIpc) is 2.36. The topological polar surface area (TPSA) is 95.9 Å². The van der Waals surface area contributed by atoms with Gasteiger partial charge in [-0.05, 0) is 24.3 Å². The first-order valence-corrected chi connectivity index (χ1v) is 6.40. The van der Waals surface area contributed by atoms with Crippen LogP contribution in [0, 0.1) is 0 Å². The van der Waals surface area contributed by atoms with E-state index < -0.39 is 22.7 Å². The van der Waals surface area contributed by atoms with Crippen LogP contribution in [-0.2, 0) is 10.0 Å². The van der Waals surface area contributed by atoms with Crippen LogP contribution in [0.2, 0.25) is 0 Å². The lowest BCUT2D eigenvalue weighted by atomic mass is 10.3. The van der Waals surface area contributed by atoms with E-state index in [0.29, 0.717) is 5.75 Å². The lowest BCUT2D eigenvalue weighted by Gasteiger charge is -2.10. The number of aliphatic hydroxyl groups is 2. The Morgan fingerprint density at radius 2 is 1.94 bits per heavy atom. The third kappa shape index (κ3) is 3.97. The third-order valence-electron chi connectivity index (χ3n) is 2.09. The van der Waals surface area contributed by atoms with Crippen molar-refractivity contribution in [3.05, 3.63) is 24.3 Å². The highest BCUT2D eigenvalue weighted by atomic mass is 32.2. The first-order valence-electron chi connectivity index (χ1n) is 4.92. The van der Waals surface area contributed by atoms with Crippen LogP contribution in [0.4, 0.5) is 0 Å². The van der Waals surface area contributed by atoms with E-state index in [-0.39, 0.29) is 11.4 Å². The van der Waals surface area contributed by atoms with Crippen molar-refractivity contribution in [2.24, 2.45) is 0 Å². The maximum atomic E-state index is 11.7. The fourth-order valence-corrected chi connectivity index (χ4v) is 2.18. The van der Waals surface area contributed by atoms with Gasteiger partial charge in [-0.2, -0.15) is 0 Å². The van der Waals surface area contributed by atoms with Gasteiger partial charge in [0.15, 0.2) is 0 Å². The highest BCUT2D eigenvalue weighted by molar-refractivity contribution is 7.89. The maximum Gasteiger partial charge on any atom is 0.240 e. The van der Waals surface area contributed by atoms with Gasteiger partial charge in [0.25, 0.3) is 0 Å². The Morgan fingerprint density at radius 1 is 1.35 bits per heavy atom. The summed E-state index contributed by atoms with van der Waals surface area (Å²) in [6.45, 7) is -0.726. The molecule has 0 aromatic heterocycles. The summed E-state index contributed by atoms with van der Waals surface area (Å²) in [7, 11) is -2.18. The minimum absolute atomic E-state index is 0.0726. The molecule has 0 fully saturated rings. The standard InChI is InChI=1S/C10H15NO5S/c1-16-9-2-4-10(5-3-9)17(14,15)11-6-8(13)7-12/h2-5,8,11-13H,6-7H2,1H3. The number of benzene rings is 1. The number of nitrogens with one attached hydrogen (secondary N) is 1. The molecule has 1 unspecified atom stereocenters. The Labute approximate surface area is 99.9 Å². The zero-order valence-corrected chi connectivity index (χ0v) is 10.1. The Hall–Kier alpha value is -1.15. The molecule has 0 saturated carbocycles. The van der Waals surface area contributed by atoms with Crippen LogP contribution in [0.1, 0.15) is 0 Å². The Balaban J connectivity index is 2.75. The molecule has 1 atom stereocenters. The summed E-state index contributed by atoms with van der Waals surface area (Å²) >= 11 is 0. The van der Waals surface area contributed by atoms with E-state index in [1.165, 1.54) is 31.4 Å². The summed E-state index contributed by atoms with van der Waals surface area (Å²) in [6, 6.07) is 5.84. The molecule has 96 valence electrons. The molecule has 0 aliphatic rings. The normalized spacial score (nSPS) is 13.4. The Kier molecular flexibility index (Phi) is 4.88. The molecule has 7 heteroatoms. The van der Waals surface area contributed by atoms with Gasteiger partial charge >= 0.3 is 0 Å². The molecule has 1 rings (SSSR count). The molecule has 17 heavy (non-hydrogen) atoms.